The Hall–Kier alpha value is -1.62. The Labute approximate surface area is 111 Å². The van der Waals surface area contributed by atoms with E-state index in [-0.39, 0.29) is 16.7 Å². The maximum Gasteiger partial charge on any atom is 0.341 e. The molecule has 0 saturated heterocycles. The molecule has 0 heterocycles. The van der Waals surface area contributed by atoms with Crippen molar-refractivity contribution < 1.29 is 18.7 Å². The van der Waals surface area contributed by atoms with Gasteiger partial charge in [-0.3, -0.25) is 0 Å². The average Bonchev–Trinajstić information content (AvgIpc) is 2.36. The highest BCUT2D eigenvalue weighted by Gasteiger charge is 2.38. The molecule has 0 aromatic heterocycles. The molecule has 0 unspecified atom stereocenters. The minimum atomic E-state index is -0.607. The summed E-state index contributed by atoms with van der Waals surface area (Å²) in [6.07, 6.45) is 2.89. The van der Waals surface area contributed by atoms with E-state index in [1.807, 2.05) is 0 Å². The molecule has 0 radical (unpaired) electrons. The van der Waals surface area contributed by atoms with Gasteiger partial charge in [-0.05, 0) is 30.5 Å². The van der Waals surface area contributed by atoms with Crippen LogP contribution in [-0.4, -0.2) is 26.7 Å². The number of nitrogens with two attached hydrogens (primary N) is 1. The molecule has 5 heteroatoms. The minimum absolute atomic E-state index is 0.0814. The molecule has 1 aliphatic carbocycles. The summed E-state index contributed by atoms with van der Waals surface area (Å²) in [4.78, 5) is 11.7. The summed E-state index contributed by atoms with van der Waals surface area (Å²) in [5.74, 6) is -1.24. The zero-order chi connectivity index (χ0) is 14.0. The first-order chi connectivity index (χ1) is 9.07. The van der Waals surface area contributed by atoms with Gasteiger partial charge < -0.3 is 15.2 Å². The number of benzene rings is 1. The standard InChI is InChI=1S/C14H18FNO3/c1-18-12-10(13(17)19-2)6-9(7-11(12)15)14(8-16)4-3-5-14/h6-7H,3-5,8,16H2,1-2H3. The molecule has 1 fully saturated rings. The second kappa shape index (κ2) is 5.17. The molecule has 19 heavy (non-hydrogen) atoms. The van der Waals surface area contributed by atoms with Crippen molar-refractivity contribution in [1.82, 2.24) is 0 Å². The van der Waals surface area contributed by atoms with Crippen molar-refractivity contribution in [1.29, 1.82) is 0 Å². The topological polar surface area (TPSA) is 61.5 Å². The first-order valence-electron chi connectivity index (χ1n) is 6.24. The molecular weight excluding hydrogens is 249 g/mol. The van der Waals surface area contributed by atoms with Gasteiger partial charge in [0.05, 0.1) is 14.2 Å². The van der Waals surface area contributed by atoms with Crippen molar-refractivity contribution in [2.45, 2.75) is 24.7 Å². The summed E-state index contributed by atoms with van der Waals surface area (Å²) < 4.78 is 23.7. The Morgan fingerprint density at radius 3 is 2.53 bits per heavy atom. The normalized spacial score (nSPS) is 16.6. The molecule has 0 atom stereocenters. The molecule has 1 aromatic rings. The van der Waals surface area contributed by atoms with Gasteiger partial charge >= 0.3 is 5.97 Å². The second-order valence-corrected chi connectivity index (χ2v) is 4.87. The molecule has 0 spiro atoms. The van der Waals surface area contributed by atoms with E-state index < -0.39 is 11.8 Å². The van der Waals surface area contributed by atoms with Gasteiger partial charge in [-0.2, -0.15) is 0 Å². The smallest absolute Gasteiger partial charge is 0.341 e. The highest BCUT2D eigenvalue weighted by molar-refractivity contribution is 5.92. The van der Waals surface area contributed by atoms with Gasteiger partial charge in [-0.15, -0.1) is 0 Å². The maximum atomic E-state index is 14.1. The molecule has 1 aromatic carbocycles. The fourth-order valence-electron chi connectivity index (χ4n) is 2.58. The summed E-state index contributed by atoms with van der Waals surface area (Å²) in [6.45, 7) is 0.444. The van der Waals surface area contributed by atoms with Crippen LogP contribution < -0.4 is 10.5 Å². The monoisotopic (exact) mass is 267 g/mol. The van der Waals surface area contributed by atoms with Crippen LogP contribution >= 0.6 is 0 Å². The van der Waals surface area contributed by atoms with Gasteiger partial charge in [0.1, 0.15) is 5.56 Å². The van der Waals surface area contributed by atoms with Crippen LogP contribution in [0.15, 0.2) is 12.1 Å². The van der Waals surface area contributed by atoms with Crippen molar-refractivity contribution in [3.63, 3.8) is 0 Å². The van der Waals surface area contributed by atoms with E-state index in [1.54, 1.807) is 6.07 Å². The SMILES string of the molecule is COC(=O)c1cc(C2(CN)CCC2)cc(F)c1OC. The Morgan fingerprint density at radius 2 is 2.11 bits per heavy atom. The van der Waals surface area contributed by atoms with Gasteiger partial charge in [0.15, 0.2) is 11.6 Å². The number of ether oxygens (including phenoxy) is 2. The van der Waals surface area contributed by atoms with Crippen LogP contribution in [0, 0.1) is 5.82 Å². The maximum absolute atomic E-state index is 14.1. The lowest BCUT2D eigenvalue weighted by atomic mass is 9.64. The summed E-state index contributed by atoms with van der Waals surface area (Å²) in [7, 11) is 2.58. The Kier molecular flexibility index (Phi) is 3.75. The summed E-state index contributed by atoms with van der Waals surface area (Å²) in [6, 6.07) is 3.05. The molecule has 2 rings (SSSR count). The highest BCUT2D eigenvalue weighted by Crippen LogP contribution is 2.44. The van der Waals surface area contributed by atoms with Crippen molar-refractivity contribution in [3.05, 3.63) is 29.1 Å². The molecule has 1 aliphatic rings. The average molecular weight is 267 g/mol. The quantitative estimate of drug-likeness (QED) is 0.848. The van der Waals surface area contributed by atoms with Gasteiger partial charge in [-0.25, -0.2) is 9.18 Å². The van der Waals surface area contributed by atoms with E-state index in [2.05, 4.69) is 4.74 Å². The van der Waals surface area contributed by atoms with Crippen LogP contribution in [0.5, 0.6) is 5.75 Å². The van der Waals surface area contributed by atoms with Crippen LogP contribution in [0.25, 0.3) is 0 Å². The Bertz CT molecular complexity index is 492. The predicted molar refractivity (Wildman–Crippen MR) is 68.9 cm³/mol. The van der Waals surface area contributed by atoms with Gasteiger partial charge in [0, 0.05) is 12.0 Å². The van der Waals surface area contributed by atoms with Crippen molar-refractivity contribution in [3.8, 4) is 5.75 Å². The lowest BCUT2D eigenvalue weighted by Crippen LogP contribution is -2.41. The van der Waals surface area contributed by atoms with Crippen molar-refractivity contribution in [2.24, 2.45) is 5.73 Å². The number of esters is 1. The third-order valence-corrected chi connectivity index (χ3v) is 3.97. The molecule has 0 aliphatic heterocycles. The molecule has 2 N–H and O–H groups in total. The summed E-state index contributed by atoms with van der Waals surface area (Å²) >= 11 is 0. The number of halogens is 1. The Morgan fingerprint density at radius 1 is 1.42 bits per heavy atom. The zero-order valence-electron chi connectivity index (χ0n) is 11.2. The van der Waals surface area contributed by atoms with E-state index in [0.717, 1.165) is 24.8 Å². The molecule has 4 nitrogen and oxygen atoms in total. The fourth-order valence-corrected chi connectivity index (χ4v) is 2.58. The number of carbonyl (C=O) groups excluding carboxylic acids is 1. The molecule has 0 amide bonds. The lowest BCUT2D eigenvalue weighted by molar-refractivity contribution is 0.0595. The fraction of sp³-hybridized carbons (Fsp3) is 0.500. The van der Waals surface area contributed by atoms with Gasteiger partial charge in [0.25, 0.3) is 0 Å². The van der Waals surface area contributed by atoms with Crippen LogP contribution in [-0.2, 0) is 10.2 Å². The first kappa shape index (κ1) is 13.8. The largest absolute Gasteiger partial charge is 0.493 e. The van der Waals surface area contributed by atoms with E-state index in [1.165, 1.54) is 20.3 Å². The van der Waals surface area contributed by atoms with E-state index >= 15 is 0 Å². The molecule has 0 bridgehead atoms. The zero-order valence-corrected chi connectivity index (χ0v) is 11.2. The van der Waals surface area contributed by atoms with Gasteiger partial charge in [0.2, 0.25) is 0 Å². The predicted octanol–water partition coefficient (Wildman–Crippen LogP) is 2.00. The van der Waals surface area contributed by atoms with Crippen LogP contribution in [0.2, 0.25) is 0 Å². The van der Waals surface area contributed by atoms with E-state index in [4.69, 9.17) is 10.5 Å². The summed E-state index contributed by atoms with van der Waals surface area (Å²) in [5.41, 5.74) is 6.46. The number of hydrogen-bond donors (Lipinski definition) is 1. The number of rotatable bonds is 4. The second-order valence-electron chi connectivity index (χ2n) is 4.87. The summed E-state index contributed by atoms with van der Waals surface area (Å²) in [5, 5.41) is 0. The van der Waals surface area contributed by atoms with Crippen LogP contribution in [0.1, 0.15) is 35.2 Å². The lowest BCUT2D eigenvalue weighted by Gasteiger charge is -2.41. The van der Waals surface area contributed by atoms with Crippen LogP contribution in [0.4, 0.5) is 4.39 Å². The Balaban J connectivity index is 2.53. The third kappa shape index (κ3) is 2.18. The van der Waals surface area contributed by atoms with E-state index in [0.29, 0.717) is 6.54 Å². The third-order valence-electron chi connectivity index (χ3n) is 3.97. The first-order valence-corrected chi connectivity index (χ1v) is 6.24. The number of hydrogen-bond acceptors (Lipinski definition) is 4. The van der Waals surface area contributed by atoms with Crippen LogP contribution in [0.3, 0.4) is 0 Å². The number of carbonyl (C=O) groups is 1. The van der Waals surface area contributed by atoms with Gasteiger partial charge in [-0.1, -0.05) is 6.42 Å². The number of methoxy groups -OCH3 is 2. The highest BCUT2D eigenvalue weighted by atomic mass is 19.1. The molecule has 1 saturated carbocycles. The molecule has 104 valence electrons. The van der Waals surface area contributed by atoms with E-state index in [9.17, 15) is 9.18 Å². The minimum Gasteiger partial charge on any atom is -0.493 e. The van der Waals surface area contributed by atoms with Crippen molar-refractivity contribution >= 4 is 5.97 Å². The molecular formula is C14H18FNO3. The van der Waals surface area contributed by atoms with Crippen molar-refractivity contribution in [2.75, 3.05) is 20.8 Å².